The molecular formula is C23H31N5O3. The molecule has 0 saturated carbocycles. The van der Waals surface area contributed by atoms with E-state index >= 15 is 0 Å². The summed E-state index contributed by atoms with van der Waals surface area (Å²) in [6, 6.07) is 5.23. The molecule has 3 heterocycles. The number of methoxy groups -OCH3 is 2. The highest BCUT2D eigenvalue weighted by atomic mass is 16.5. The van der Waals surface area contributed by atoms with Crippen LogP contribution in [0.15, 0.2) is 18.2 Å². The molecule has 1 saturated heterocycles. The van der Waals surface area contributed by atoms with Gasteiger partial charge in [-0.3, -0.25) is 4.79 Å². The van der Waals surface area contributed by atoms with Crippen LogP contribution in [0, 0.1) is 0 Å². The van der Waals surface area contributed by atoms with Crippen molar-refractivity contribution in [2.24, 2.45) is 0 Å². The molecule has 1 atom stereocenters. The van der Waals surface area contributed by atoms with Crippen LogP contribution in [0.25, 0.3) is 0 Å². The number of nitrogens with zero attached hydrogens (tertiary/aromatic N) is 4. The number of carbonyl (C=O) groups is 1. The third-order valence-electron chi connectivity index (χ3n) is 6.21. The second-order valence-electron chi connectivity index (χ2n) is 8.14. The molecule has 8 heteroatoms. The first-order valence-electron chi connectivity index (χ1n) is 10.8. The average Bonchev–Trinajstić information content (AvgIpc) is 2.81. The Hall–Kier alpha value is -2.87. The number of piperidine rings is 1. The summed E-state index contributed by atoms with van der Waals surface area (Å²) < 4.78 is 11.0. The van der Waals surface area contributed by atoms with E-state index in [-0.39, 0.29) is 11.9 Å². The van der Waals surface area contributed by atoms with Crippen LogP contribution in [0.1, 0.15) is 52.7 Å². The van der Waals surface area contributed by atoms with Crippen molar-refractivity contribution >= 4 is 11.7 Å². The number of hydrogen-bond donors (Lipinski definition) is 1. The van der Waals surface area contributed by atoms with E-state index in [2.05, 4.69) is 17.3 Å². The van der Waals surface area contributed by atoms with Gasteiger partial charge in [0.2, 0.25) is 0 Å². The van der Waals surface area contributed by atoms with E-state index < -0.39 is 0 Å². The van der Waals surface area contributed by atoms with Crippen molar-refractivity contribution in [2.45, 2.75) is 38.3 Å². The summed E-state index contributed by atoms with van der Waals surface area (Å²) in [5.74, 6) is 2.50. The molecule has 4 rings (SSSR count). The predicted molar refractivity (Wildman–Crippen MR) is 119 cm³/mol. The van der Waals surface area contributed by atoms with Gasteiger partial charge in [-0.05, 0) is 44.9 Å². The number of benzene rings is 1. The Balaban J connectivity index is 1.74. The van der Waals surface area contributed by atoms with Gasteiger partial charge >= 0.3 is 0 Å². The van der Waals surface area contributed by atoms with Crippen LogP contribution >= 0.6 is 0 Å². The lowest BCUT2D eigenvalue weighted by Crippen LogP contribution is -2.40. The number of rotatable bonds is 5. The highest BCUT2D eigenvalue weighted by molar-refractivity contribution is 6.00. The maximum Gasteiger partial charge on any atom is 0.262 e. The van der Waals surface area contributed by atoms with E-state index in [1.807, 2.05) is 18.0 Å². The number of ether oxygens (including phenoxy) is 2. The summed E-state index contributed by atoms with van der Waals surface area (Å²) in [5, 5.41) is 3.25. The minimum absolute atomic E-state index is 0.108. The van der Waals surface area contributed by atoms with E-state index in [1.54, 1.807) is 26.4 Å². The zero-order chi connectivity index (χ0) is 22.0. The molecule has 31 heavy (non-hydrogen) atoms. The van der Waals surface area contributed by atoms with E-state index in [4.69, 9.17) is 19.4 Å². The Bertz CT molecular complexity index is 942. The van der Waals surface area contributed by atoms with Crippen LogP contribution in [0.5, 0.6) is 11.5 Å². The summed E-state index contributed by atoms with van der Waals surface area (Å²) in [7, 11) is 7.14. The number of likely N-dealkylation sites (N-methyl/N-ethyl adjacent to an activating group) is 1. The lowest BCUT2D eigenvalue weighted by Gasteiger charge is -2.36. The molecule has 1 aromatic heterocycles. The van der Waals surface area contributed by atoms with Gasteiger partial charge in [0.15, 0.2) is 5.82 Å². The third-order valence-corrected chi connectivity index (χ3v) is 6.21. The summed E-state index contributed by atoms with van der Waals surface area (Å²) in [6.45, 7) is 2.44. The first kappa shape index (κ1) is 21.4. The number of aromatic nitrogens is 2. The van der Waals surface area contributed by atoms with E-state index in [1.165, 1.54) is 5.56 Å². The third kappa shape index (κ3) is 4.04. The fourth-order valence-corrected chi connectivity index (χ4v) is 4.58. The Labute approximate surface area is 183 Å². The second kappa shape index (κ2) is 9.09. The molecule has 1 fully saturated rings. The number of nitrogens with one attached hydrogen (secondary N) is 1. The van der Waals surface area contributed by atoms with Crippen LogP contribution in [0.3, 0.4) is 0 Å². The summed E-state index contributed by atoms with van der Waals surface area (Å²) in [6.07, 6.45) is 3.74. The summed E-state index contributed by atoms with van der Waals surface area (Å²) in [4.78, 5) is 27.7. The van der Waals surface area contributed by atoms with Gasteiger partial charge in [0.05, 0.1) is 26.0 Å². The maximum absolute atomic E-state index is 13.7. The molecular weight excluding hydrogens is 394 g/mol. The number of hydrogen-bond acceptors (Lipinski definition) is 7. The average molecular weight is 426 g/mol. The van der Waals surface area contributed by atoms with Gasteiger partial charge in [-0.1, -0.05) is 6.07 Å². The van der Waals surface area contributed by atoms with Gasteiger partial charge in [0.25, 0.3) is 5.91 Å². The van der Waals surface area contributed by atoms with Crippen LogP contribution in [0.4, 0.5) is 5.82 Å². The molecule has 0 spiro atoms. The Morgan fingerprint density at radius 1 is 1.13 bits per heavy atom. The molecule has 1 N–H and O–H groups in total. The summed E-state index contributed by atoms with van der Waals surface area (Å²) >= 11 is 0. The van der Waals surface area contributed by atoms with Crippen molar-refractivity contribution < 1.29 is 14.3 Å². The zero-order valence-corrected chi connectivity index (χ0v) is 18.8. The van der Waals surface area contributed by atoms with Crippen molar-refractivity contribution in [3.05, 3.63) is 40.8 Å². The van der Waals surface area contributed by atoms with Gasteiger partial charge in [0.1, 0.15) is 22.9 Å². The number of anilines is 1. The molecule has 166 valence electrons. The molecule has 0 unspecified atom stereocenters. The Morgan fingerprint density at radius 3 is 2.55 bits per heavy atom. The molecule has 0 aliphatic carbocycles. The number of carbonyl (C=O) groups excluding carboxylic acids is 1. The fraction of sp³-hybridized carbons (Fsp3) is 0.522. The van der Waals surface area contributed by atoms with Crippen molar-refractivity contribution in [3.63, 3.8) is 0 Å². The quantitative estimate of drug-likeness (QED) is 0.789. The largest absolute Gasteiger partial charge is 0.496 e. The molecule has 1 aromatic carbocycles. The molecule has 0 radical (unpaired) electrons. The highest BCUT2D eigenvalue weighted by Crippen LogP contribution is 2.36. The van der Waals surface area contributed by atoms with Crippen molar-refractivity contribution in [1.29, 1.82) is 0 Å². The first-order chi connectivity index (χ1) is 15.1. The lowest BCUT2D eigenvalue weighted by atomic mass is 9.98. The molecule has 2 aliphatic heterocycles. The Morgan fingerprint density at radius 2 is 1.87 bits per heavy atom. The molecule has 1 amide bonds. The summed E-state index contributed by atoms with van der Waals surface area (Å²) in [5.41, 5.74) is 2.69. The molecule has 2 aliphatic rings. The van der Waals surface area contributed by atoms with E-state index in [0.717, 1.165) is 50.3 Å². The van der Waals surface area contributed by atoms with E-state index in [0.29, 0.717) is 29.4 Å². The van der Waals surface area contributed by atoms with E-state index in [9.17, 15) is 4.79 Å². The monoisotopic (exact) mass is 425 g/mol. The minimum Gasteiger partial charge on any atom is -0.496 e. The molecule has 8 nitrogen and oxygen atoms in total. The Kier molecular flexibility index (Phi) is 6.27. The van der Waals surface area contributed by atoms with Gasteiger partial charge in [-0.2, -0.15) is 0 Å². The van der Waals surface area contributed by atoms with Gasteiger partial charge in [-0.25, -0.2) is 9.97 Å². The van der Waals surface area contributed by atoms with Crippen molar-refractivity contribution in [3.8, 4) is 11.5 Å². The van der Waals surface area contributed by atoms with Crippen molar-refractivity contribution in [2.75, 3.05) is 46.7 Å². The fourth-order valence-electron chi connectivity index (χ4n) is 4.58. The van der Waals surface area contributed by atoms with Gasteiger partial charge in [-0.15, -0.1) is 0 Å². The van der Waals surface area contributed by atoms with Crippen LogP contribution in [-0.4, -0.2) is 67.1 Å². The van der Waals surface area contributed by atoms with Crippen LogP contribution in [-0.2, 0) is 13.0 Å². The zero-order valence-electron chi connectivity index (χ0n) is 18.8. The highest BCUT2D eigenvalue weighted by Gasteiger charge is 2.34. The molecule has 2 aromatic rings. The molecule has 0 bridgehead atoms. The SMILES string of the molecule is CNc1nc([C@@H]2CCCCN2C(=O)c2c(OC)cccc2OC)nc2c1CCN(C)C2. The number of amides is 1. The van der Waals surface area contributed by atoms with Gasteiger partial charge < -0.3 is 24.6 Å². The van der Waals surface area contributed by atoms with Crippen LogP contribution < -0.4 is 14.8 Å². The first-order valence-corrected chi connectivity index (χ1v) is 10.8. The predicted octanol–water partition coefficient (Wildman–Crippen LogP) is 2.89. The lowest BCUT2D eigenvalue weighted by molar-refractivity contribution is 0.0592. The smallest absolute Gasteiger partial charge is 0.262 e. The van der Waals surface area contributed by atoms with Crippen LogP contribution in [0.2, 0.25) is 0 Å². The normalized spacial score (nSPS) is 19.0. The van der Waals surface area contributed by atoms with Gasteiger partial charge in [0, 0.05) is 32.2 Å². The number of fused-ring (bicyclic) bond motifs is 1. The maximum atomic E-state index is 13.7. The second-order valence-corrected chi connectivity index (χ2v) is 8.14. The minimum atomic E-state index is -0.180. The standard InChI is InChI=1S/C23H31N5O3/c1-24-21-15-11-13-27(2)14-16(15)25-22(26-21)17-8-5-6-12-28(17)23(29)20-18(30-3)9-7-10-19(20)31-4/h7,9-10,17H,5-6,8,11-14H2,1-4H3,(H,24,25,26)/t17-/m0/s1. The topological polar surface area (TPSA) is 79.8 Å². The number of likely N-dealkylation sites (tertiary alicyclic amines) is 1. The van der Waals surface area contributed by atoms with Crippen molar-refractivity contribution in [1.82, 2.24) is 19.8 Å².